The molecule has 0 rings (SSSR count). The van der Waals surface area contributed by atoms with E-state index in [1.807, 2.05) is 6.26 Å². The van der Waals surface area contributed by atoms with Crippen molar-refractivity contribution in [2.24, 2.45) is 10.1 Å². The molecule has 0 unspecified atom stereocenters. The van der Waals surface area contributed by atoms with Gasteiger partial charge in [0.05, 0.1) is 11.2 Å². The van der Waals surface area contributed by atoms with Crippen LogP contribution in [0.15, 0.2) is 15.1 Å². The molecular weight excluding hydrogens is 156 g/mol. The summed E-state index contributed by atoms with van der Waals surface area (Å²) in [5.74, 6) is 0. The molecule has 0 aromatic heterocycles. The smallest absolute Gasteiger partial charge is 0.0779 e. The standard InChI is InChI=1S/C5H9ClN2S/c1-4(7)5(6)3-8-9-2/h3H,7H2,1-2H3. The normalized spacial score (nSPS) is 14.1. The molecule has 0 aliphatic carbocycles. The van der Waals surface area contributed by atoms with Gasteiger partial charge in [0.25, 0.3) is 0 Å². The number of nitrogens with zero attached hydrogens (tertiary/aromatic N) is 1. The lowest BCUT2D eigenvalue weighted by Gasteiger charge is -1.89. The Morgan fingerprint density at radius 2 is 2.33 bits per heavy atom. The molecule has 0 aromatic rings. The Balaban J connectivity index is 3.91. The van der Waals surface area contributed by atoms with Gasteiger partial charge >= 0.3 is 0 Å². The van der Waals surface area contributed by atoms with Gasteiger partial charge in [-0.05, 0) is 18.9 Å². The lowest BCUT2D eigenvalue weighted by molar-refractivity contribution is 1.32. The minimum atomic E-state index is 0.504. The summed E-state index contributed by atoms with van der Waals surface area (Å²) in [6.45, 7) is 1.73. The van der Waals surface area contributed by atoms with Crippen LogP contribution >= 0.6 is 23.5 Å². The summed E-state index contributed by atoms with van der Waals surface area (Å²) in [6.07, 6.45) is 3.38. The van der Waals surface area contributed by atoms with Crippen molar-refractivity contribution in [3.63, 3.8) is 0 Å². The van der Waals surface area contributed by atoms with Crippen LogP contribution in [-0.4, -0.2) is 12.5 Å². The second-order valence-corrected chi connectivity index (χ2v) is 2.43. The van der Waals surface area contributed by atoms with E-state index in [1.54, 1.807) is 6.92 Å². The van der Waals surface area contributed by atoms with E-state index >= 15 is 0 Å². The molecule has 4 heteroatoms. The molecule has 2 nitrogen and oxygen atoms in total. The Morgan fingerprint density at radius 1 is 1.78 bits per heavy atom. The zero-order chi connectivity index (χ0) is 7.28. The Kier molecular flexibility index (Phi) is 4.62. The first-order chi connectivity index (χ1) is 4.18. The number of allylic oxidation sites excluding steroid dienone is 2. The van der Waals surface area contributed by atoms with Crippen molar-refractivity contribution in [3.8, 4) is 0 Å². The minimum absolute atomic E-state index is 0.504. The molecule has 0 radical (unpaired) electrons. The predicted molar refractivity (Wildman–Crippen MR) is 44.7 cm³/mol. The van der Waals surface area contributed by atoms with Gasteiger partial charge in [0, 0.05) is 12.0 Å². The van der Waals surface area contributed by atoms with Gasteiger partial charge in [0.1, 0.15) is 0 Å². The van der Waals surface area contributed by atoms with E-state index < -0.39 is 0 Å². The molecule has 2 N–H and O–H groups in total. The third-order valence-corrected chi connectivity index (χ3v) is 1.36. The summed E-state index contributed by atoms with van der Waals surface area (Å²) in [4.78, 5) is 0. The molecule has 0 heterocycles. The van der Waals surface area contributed by atoms with Gasteiger partial charge in [-0.25, -0.2) is 4.40 Å². The Bertz CT molecular complexity index is 138. The highest BCUT2D eigenvalue weighted by molar-refractivity contribution is 7.97. The van der Waals surface area contributed by atoms with Gasteiger partial charge in [-0.2, -0.15) is 0 Å². The molecule has 9 heavy (non-hydrogen) atoms. The van der Waals surface area contributed by atoms with Gasteiger partial charge in [-0.15, -0.1) is 0 Å². The number of hydrogen-bond donors (Lipinski definition) is 1. The fourth-order valence-corrected chi connectivity index (χ4v) is 0.518. The van der Waals surface area contributed by atoms with Crippen LogP contribution in [0.1, 0.15) is 6.92 Å². The number of rotatable bonds is 2. The van der Waals surface area contributed by atoms with Crippen LogP contribution in [0.4, 0.5) is 0 Å². The van der Waals surface area contributed by atoms with Crippen LogP contribution in [0, 0.1) is 0 Å². The lowest BCUT2D eigenvalue weighted by Crippen LogP contribution is -1.93. The first-order valence-corrected chi connectivity index (χ1v) is 3.92. The maximum Gasteiger partial charge on any atom is 0.0779 e. The third kappa shape index (κ3) is 4.36. The highest BCUT2D eigenvalue weighted by Crippen LogP contribution is 2.02. The van der Waals surface area contributed by atoms with Gasteiger partial charge in [-0.3, -0.25) is 0 Å². The largest absolute Gasteiger partial charge is 0.401 e. The lowest BCUT2D eigenvalue weighted by atomic mass is 10.5. The maximum atomic E-state index is 5.59. The molecule has 0 aromatic carbocycles. The van der Waals surface area contributed by atoms with E-state index in [2.05, 4.69) is 4.40 Å². The molecule has 52 valence electrons. The fourth-order valence-electron chi connectivity index (χ4n) is 0.201. The Morgan fingerprint density at radius 3 is 2.67 bits per heavy atom. The molecular formula is C5H9ClN2S. The van der Waals surface area contributed by atoms with Crippen LogP contribution in [-0.2, 0) is 0 Å². The first kappa shape index (κ1) is 8.85. The van der Waals surface area contributed by atoms with Crippen molar-refractivity contribution >= 4 is 29.8 Å². The van der Waals surface area contributed by atoms with Crippen LogP contribution in [0.3, 0.4) is 0 Å². The van der Waals surface area contributed by atoms with E-state index in [-0.39, 0.29) is 0 Å². The molecule has 0 saturated carbocycles. The predicted octanol–water partition coefficient (Wildman–Crippen LogP) is 1.76. The number of halogens is 1. The Labute approximate surface area is 64.3 Å². The second kappa shape index (κ2) is 4.70. The Hall–Kier alpha value is -0.150. The molecule has 0 atom stereocenters. The van der Waals surface area contributed by atoms with Gasteiger partial charge in [0.15, 0.2) is 0 Å². The maximum absolute atomic E-state index is 5.59. The highest BCUT2D eigenvalue weighted by Gasteiger charge is 1.87. The summed E-state index contributed by atoms with van der Waals surface area (Å²) in [5.41, 5.74) is 5.92. The summed E-state index contributed by atoms with van der Waals surface area (Å²) in [6, 6.07) is 0. The highest BCUT2D eigenvalue weighted by atomic mass is 35.5. The van der Waals surface area contributed by atoms with Crippen LogP contribution in [0.5, 0.6) is 0 Å². The van der Waals surface area contributed by atoms with E-state index in [9.17, 15) is 0 Å². The first-order valence-electron chi connectivity index (χ1n) is 2.37. The fraction of sp³-hybridized carbons (Fsp3) is 0.400. The second-order valence-electron chi connectivity index (χ2n) is 1.45. The van der Waals surface area contributed by atoms with Crippen molar-refractivity contribution in [1.29, 1.82) is 0 Å². The average molecular weight is 165 g/mol. The third-order valence-electron chi connectivity index (χ3n) is 0.648. The topological polar surface area (TPSA) is 38.4 Å². The quantitative estimate of drug-likeness (QED) is 0.499. The summed E-state index contributed by atoms with van der Waals surface area (Å²) in [5, 5.41) is 0.504. The van der Waals surface area contributed by atoms with E-state index in [1.165, 1.54) is 18.2 Å². The van der Waals surface area contributed by atoms with Gasteiger partial charge < -0.3 is 5.73 Å². The van der Waals surface area contributed by atoms with Gasteiger partial charge in [0.2, 0.25) is 0 Å². The molecule has 0 fully saturated rings. The van der Waals surface area contributed by atoms with E-state index in [4.69, 9.17) is 17.3 Å². The molecule has 0 saturated heterocycles. The van der Waals surface area contributed by atoms with Crippen molar-refractivity contribution in [2.45, 2.75) is 6.92 Å². The van der Waals surface area contributed by atoms with E-state index in [0.29, 0.717) is 10.7 Å². The molecule has 0 aliphatic rings. The van der Waals surface area contributed by atoms with Gasteiger partial charge in [-0.1, -0.05) is 11.6 Å². The monoisotopic (exact) mass is 164 g/mol. The van der Waals surface area contributed by atoms with Crippen LogP contribution in [0.25, 0.3) is 0 Å². The SMILES string of the molecule is CSN=CC(Cl)=C(C)N. The summed E-state index contributed by atoms with van der Waals surface area (Å²) in [7, 11) is 0. The molecule has 0 spiro atoms. The van der Waals surface area contributed by atoms with Crippen LogP contribution in [0.2, 0.25) is 0 Å². The van der Waals surface area contributed by atoms with E-state index in [0.717, 1.165) is 0 Å². The minimum Gasteiger partial charge on any atom is -0.401 e. The number of nitrogens with two attached hydrogens (primary N) is 1. The van der Waals surface area contributed by atoms with Crippen molar-refractivity contribution < 1.29 is 0 Å². The summed E-state index contributed by atoms with van der Waals surface area (Å²) >= 11 is 6.93. The summed E-state index contributed by atoms with van der Waals surface area (Å²) < 4.78 is 3.81. The van der Waals surface area contributed by atoms with Crippen molar-refractivity contribution in [3.05, 3.63) is 10.7 Å². The van der Waals surface area contributed by atoms with Crippen molar-refractivity contribution in [1.82, 2.24) is 0 Å². The molecule has 0 aliphatic heterocycles. The zero-order valence-corrected chi connectivity index (χ0v) is 6.96. The molecule has 0 bridgehead atoms. The van der Waals surface area contributed by atoms with Crippen molar-refractivity contribution in [2.75, 3.05) is 6.26 Å². The average Bonchev–Trinajstić information content (AvgIpc) is 1.82. The zero-order valence-electron chi connectivity index (χ0n) is 5.39. The molecule has 0 amide bonds. The number of hydrogen-bond acceptors (Lipinski definition) is 3. The van der Waals surface area contributed by atoms with Crippen LogP contribution < -0.4 is 5.73 Å².